The van der Waals surface area contributed by atoms with Crippen molar-refractivity contribution in [1.82, 2.24) is 9.62 Å². The summed E-state index contributed by atoms with van der Waals surface area (Å²) in [7, 11) is 0.557. The molecule has 0 unspecified atom stereocenters. The largest absolute Gasteiger partial charge is 0.384 e. The molecular weight excluding hydrogens is 262 g/mol. The summed E-state index contributed by atoms with van der Waals surface area (Å²) in [6.07, 6.45) is 1.77. The van der Waals surface area contributed by atoms with Gasteiger partial charge in [-0.05, 0) is 51.2 Å². The summed E-state index contributed by atoms with van der Waals surface area (Å²) in [6.45, 7) is 2.22. The lowest BCUT2D eigenvalue weighted by Crippen LogP contribution is -2.27. The van der Waals surface area contributed by atoms with Crippen molar-refractivity contribution >= 4 is 15.7 Å². The minimum Gasteiger partial charge on any atom is -0.384 e. The van der Waals surface area contributed by atoms with Gasteiger partial charge >= 0.3 is 0 Å². The Hall–Kier alpha value is -1.11. The molecule has 2 N–H and O–H groups in total. The summed E-state index contributed by atoms with van der Waals surface area (Å²) in [5.41, 5.74) is 2.13. The summed E-state index contributed by atoms with van der Waals surface area (Å²) >= 11 is 0. The molecule has 19 heavy (non-hydrogen) atoms. The van der Waals surface area contributed by atoms with E-state index in [1.54, 1.807) is 12.1 Å². The smallest absolute Gasteiger partial charge is 0.240 e. The van der Waals surface area contributed by atoms with Gasteiger partial charge in [0.2, 0.25) is 10.0 Å². The van der Waals surface area contributed by atoms with Crippen LogP contribution in [0.25, 0.3) is 0 Å². The predicted octanol–water partition coefficient (Wildman–Crippen LogP) is 0.885. The normalized spacial score (nSPS) is 14.5. The molecule has 1 aromatic rings. The fourth-order valence-electron chi connectivity index (χ4n) is 2.12. The summed E-state index contributed by atoms with van der Waals surface area (Å²) < 4.78 is 26.9. The molecule has 0 amide bonds. The molecule has 106 valence electrons. The molecule has 2 rings (SSSR count). The standard InChI is InChI=1S/C13H21N3O2S/c1-16(2)9-3-7-15-19(17,18)12-5-4-11-6-8-14-13(11)10-12/h4-5,10,14-15H,3,6-9H2,1-2H3. The minimum absolute atomic E-state index is 0.338. The van der Waals surface area contributed by atoms with Gasteiger partial charge in [-0.15, -0.1) is 0 Å². The molecule has 0 atom stereocenters. The number of hydrogen-bond donors (Lipinski definition) is 2. The lowest BCUT2D eigenvalue weighted by molar-refractivity contribution is 0.400. The third kappa shape index (κ3) is 3.68. The molecule has 1 aliphatic heterocycles. The molecular formula is C13H21N3O2S. The van der Waals surface area contributed by atoms with Gasteiger partial charge < -0.3 is 10.2 Å². The van der Waals surface area contributed by atoms with Crippen LogP contribution >= 0.6 is 0 Å². The quantitative estimate of drug-likeness (QED) is 0.761. The maximum absolute atomic E-state index is 12.1. The molecule has 0 fully saturated rings. The number of nitrogens with zero attached hydrogens (tertiary/aromatic N) is 1. The Balaban J connectivity index is 1.99. The second-order valence-corrected chi connectivity index (χ2v) is 6.82. The molecule has 1 aliphatic rings. The molecule has 1 heterocycles. The molecule has 0 radical (unpaired) electrons. The first kappa shape index (κ1) is 14.3. The van der Waals surface area contributed by atoms with Crippen LogP contribution in [0.2, 0.25) is 0 Å². The predicted molar refractivity (Wildman–Crippen MR) is 77.0 cm³/mol. The van der Waals surface area contributed by atoms with Crippen LogP contribution in [0.5, 0.6) is 0 Å². The van der Waals surface area contributed by atoms with Crippen LogP contribution in [0.3, 0.4) is 0 Å². The SMILES string of the molecule is CN(C)CCCNS(=O)(=O)c1ccc2c(c1)NCC2. The maximum Gasteiger partial charge on any atom is 0.240 e. The van der Waals surface area contributed by atoms with Crippen molar-refractivity contribution < 1.29 is 8.42 Å². The zero-order valence-electron chi connectivity index (χ0n) is 11.4. The van der Waals surface area contributed by atoms with Gasteiger partial charge in [0.25, 0.3) is 0 Å². The summed E-state index contributed by atoms with van der Waals surface area (Å²) in [5, 5.41) is 3.20. The highest BCUT2D eigenvalue weighted by molar-refractivity contribution is 7.89. The molecule has 0 saturated carbocycles. The lowest BCUT2D eigenvalue weighted by atomic mass is 10.2. The number of rotatable bonds is 6. The van der Waals surface area contributed by atoms with E-state index in [0.717, 1.165) is 31.6 Å². The highest BCUT2D eigenvalue weighted by Gasteiger charge is 2.17. The molecule has 5 nitrogen and oxygen atoms in total. The van der Waals surface area contributed by atoms with Crippen molar-refractivity contribution in [2.45, 2.75) is 17.7 Å². The topological polar surface area (TPSA) is 61.4 Å². The van der Waals surface area contributed by atoms with Gasteiger partial charge in [-0.25, -0.2) is 13.1 Å². The fraction of sp³-hybridized carbons (Fsp3) is 0.538. The highest BCUT2D eigenvalue weighted by Crippen LogP contribution is 2.25. The molecule has 6 heteroatoms. The van der Waals surface area contributed by atoms with Crippen molar-refractivity contribution in [2.24, 2.45) is 0 Å². The average Bonchev–Trinajstić information content (AvgIpc) is 2.81. The number of sulfonamides is 1. The van der Waals surface area contributed by atoms with E-state index in [0.29, 0.717) is 11.4 Å². The van der Waals surface area contributed by atoms with Crippen LogP contribution in [0.1, 0.15) is 12.0 Å². The molecule has 0 saturated heterocycles. The number of nitrogens with one attached hydrogen (secondary N) is 2. The second kappa shape index (κ2) is 5.90. The van der Waals surface area contributed by atoms with E-state index >= 15 is 0 Å². The number of benzene rings is 1. The van der Waals surface area contributed by atoms with E-state index in [4.69, 9.17) is 0 Å². The third-order valence-corrected chi connectivity index (χ3v) is 4.63. The van der Waals surface area contributed by atoms with E-state index in [1.165, 1.54) is 5.56 Å². The van der Waals surface area contributed by atoms with Crippen LogP contribution in [0.4, 0.5) is 5.69 Å². The fourth-order valence-corrected chi connectivity index (χ4v) is 3.22. The van der Waals surface area contributed by atoms with E-state index < -0.39 is 10.0 Å². The van der Waals surface area contributed by atoms with E-state index in [-0.39, 0.29) is 0 Å². The second-order valence-electron chi connectivity index (χ2n) is 5.05. The van der Waals surface area contributed by atoms with Gasteiger partial charge in [-0.1, -0.05) is 6.07 Å². The first-order valence-electron chi connectivity index (χ1n) is 6.50. The number of fused-ring (bicyclic) bond motifs is 1. The lowest BCUT2D eigenvalue weighted by Gasteiger charge is -2.11. The number of hydrogen-bond acceptors (Lipinski definition) is 4. The van der Waals surface area contributed by atoms with Gasteiger partial charge in [0, 0.05) is 18.8 Å². The average molecular weight is 283 g/mol. The van der Waals surface area contributed by atoms with Gasteiger partial charge in [-0.2, -0.15) is 0 Å². The molecule has 0 spiro atoms. The Bertz CT molecular complexity index is 541. The van der Waals surface area contributed by atoms with Gasteiger partial charge in [0.15, 0.2) is 0 Å². The van der Waals surface area contributed by atoms with Gasteiger partial charge in [-0.3, -0.25) is 0 Å². The molecule has 0 aliphatic carbocycles. The molecule has 0 aromatic heterocycles. The monoisotopic (exact) mass is 283 g/mol. The molecule has 0 bridgehead atoms. The zero-order chi connectivity index (χ0) is 13.9. The van der Waals surface area contributed by atoms with Crippen LogP contribution in [0.15, 0.2) is 23.1 Å². The Morgan fingerprint density at radius 1 is 1.37 bits per heavy atom. The first-order chi connectivity index (χ1) is 8.99. The third-order valence-electron chi connectivity index (χ3n) is 3.18. The number of anilines is 1. The Morgan fingerprint density at radius 2 is 2.16 bits per heavy atom. The van der Waals surface area contributed by atoms with Crippen LogP contribution in [-0.4, -0.2) is 47.0 Å². The van der Waals surface area contributed by atoms with Crippen molar-refractivity contribution in [2.75, 3.05) is 39.0 Å². The zero-order valence-corrected chi connectivity index (χ0v) is 12.3. The van der Waals surface area contributed by atoms with Crippen LogP contribution < -0.4 is 10.0 Å². The van der Waals surface area contributed by atoms with E-state index in [2.05, 4.69) is 10.0 Å². The maximum atomic E-state index is 12.1. The summed E-state index contributed by atoms with van der Waals surface area (Å²) in [6, 6.07) is 5.29. The van der Waals surface area contributed by atoms with Crippen molar-refractivity contribution in [3.63, 3.8) is 0 Å². The van der Waals surface area contributed by atoms with Crippen molar-refractivity contribution in [3.05, 3.63) is 23.8 Å². The molecule has 1 aromatic carbocycles. The van der Waals surface area contributed by atoms with Crippen LogP contribution in [-0.2, 0) is 16.4 Å². The minimum atomic E-state index is -3.39. The Morgan fingerprint density at radius 3 is 2.89 bits per heavy atom. The van der Waals surface area contributed by atoms with E-state index in [9.17, 15) is 8.42 Å². The van der Waals surface area contributed by atoms with Gasteiger partial charge in [0.1, 0.15) is 0 Å². The Labute approximate surface area is 115 Å². The van der Waals surface area contributed by atoms with Crippen LogP contribution in [0, 0.1) is 0 Å². The van der Waals surface area contributed by atoms with Crippen molar-refractivity contribution in [1.29, 1.82) is 0 Å². The van der Waals surface area contributed by atoms with Gasteiger partial charge in [0.05, 0.1) is 4.90 Å². The highest BCUT2D eigenvalue weighted by atomic mass is 32.2. The van der Waals surface area contributed by atoms with E-state index in [1.807, 2.05) is 25.1 Å². The summed E-state index contributed by atoms with van der Waals surface area (Å²) in [5.74, 6) is 0. The Kier molecular flexibility index (Phi) is 4.44. The summed E-state index contributed by atoms with van der Waals surface area (Å²) in [4.78, 5) is 2.37. The first-order valence-corrected chi connectivity index (χ1v) is 7.98. The van der Waals surface area contributed by atoms with Crippen molar-refractivity contribution in [3.8, 4) is 0 Å².